The van der Waals surface area contributed by atoms with Gasteiger partial charge in [0.25, 0.3) is 0 Å². The lowest BCUT2D eigenvalue weighted by Crippen LogP contribution is -2.59. The highest BCUT2D eigenvalue weighted by Crippen LogP contribution is 2.55. The molecule has 6 nitrogen and oxygen atoms in total. The van der Waals surface area contributed by atoms with E-state index in [0.717, 1.165) is 30.6 Å². The van der Waals surface area contributed by atoms with Crippen molar-refractivity contribution in [3.05, 3.63) is 53.1 Å². The number of hydrogen-bond acceptors (Lipinski definition) is 6. The Labute approximate surface area is 209 Å². The summed E-state index contributed by atoms with van der Waals surface area (Å²) in [6, 6.07) is 12.1. The molecule has 3 atom stereocenters. The van der Waals surface area contributed by atoms with E-state index in [-0.39, 0.29) is 11.2 Å². The molecule has 196 valence electrons. The van der Waals surface area contributed by atoms with Gasteiger partial charge < -0.3 is 15.7 Å². The van der Waals surface area contributed by atoms with Gasteiger partial charge in [-0.3, -0.25) is 4.79 Å². The van der Waals surface area contributed by atoms with E-state index in [0.29, 0.717) is 23.4 Å². The fourth-order valence-electron chi connectivity index (χ4n) is 6.21. The maximum atomic E-state index is 11.5. The summed E-state index contributed by atoms with van der Waals surface area (Å²) in [4.78, 5) is 8.70. The van der Waals surface area contributed by atoms with Crippen molar-refractivity contribution >= 4 is 27.5 Å². The SMILES string of the molecule is CS(=O)(=O)Cc1ccc(Nc2cc3c(cc2O)[C@]24CCCC[C@@H]2[C@H](C3)NCC4)cc1.O=CC(F)(F)F. The number of fused-ring (bicyclic) bond motifs is 1. The van der Waals surface area contributed by atoms with Crippen LogP contribution in [0.1, 0.15) is 48.8 Å². The Morgan fingerprint density at radius 3 is 2.50 bits per heavy atom. The minimum absolute atomic E-state index is 0.0367. The van der Waals surface area contributed by atoms with Gasteiger partial charge in [-0.25, -0.2) is 8.42 Å². The molecule has 0 unspecified atom stereocenters. The Kier molecular flexibility index (Phi) is 7.39. The molecule has 0 aromatic heterocycles. The van der Waals surface area contributed by atoms with Gasteiger partial charge in [0.15, 0.2) is 9.84 Å². The van der Waals surface area contributed by atoms with Gasteiger partial charge in [0, 0.05) is 23.4 Å². The number of carbonyl (C=O) groups excluding carboxylic acids is 1. The predicted octanol–water partition coefficient (Wildman–Crippen LogP) is 4.77. The van der Waals surface area contributed by atoms with Crippen molar-refractivity contribution in [2.24, 2.45) is 5.92 Å². The van der Waals surface area contributed by atoms with Gasteiger partial charge in [0.1, 0.15) is 5.75 Å². The zero-order chi connectivity index (χ0) is 26.1. The summed E-state index contributed by atoms with van der Waals surface area (Å²) < 4.78 is 54.2. The van der Waals surface area contributed by atoms with Gasteiger partial charge in [-0.2, -0.15) is 13.2 Å². The van der Waals surface area contributed by atoms with Gasteiger partial charge in [-0.05, 0) is 79.1 Å². The highest BCUT2D eigenvalue weighted by atomic mass is 32.2. The molecule has 2 aromatic rings. The second kappa shape index (κ2) is 10.0. The van der Waals surface area contributed by atoms with Crippen LogP contribution in [0.4, 0.5) is 24.5 Å². The fourth-order valence-corrected chi connectivity index (χ4v) is 7.01. The average molecular weight is 525 g/mol. The van der Waals surface area contributed by atoms with Gasteiger partial charge in [0.05, 0.1) is 11.4 Å². The van der Waals surface area contributed by atoms with E-state index in [4.69, 9.17) is 4.79 Å². The number of hydrogen-bond donors (Lipinski definition) is 3. The van der Waals surface area contributed by atoms with E-state index < -0.39 is 22.3 Å². The lowest BCUT2D eigenvalue weighted by molar-refractivity contribution is -0.156. The molecular weight excluding hydrogens is 493 g/mol. The highest BCUT2D eigenvalue weighted by Gasteiger charge is 2.51. The molecule has 1 heterocycles. The molecule has 3 N–H and O–H groups in total. The molecule has 0 amide bonds. The molecule has 1 saturated carbocycles. The number of piperidine rings is 1. The number of aldehydes is 1. The first-order chi connectivity index (χ1) is 16.9. The smallest absolute Gasteiger partial charge is 0.446 e. The number of nitrogens with one attached hydrogen (secondary N) is 2. The van der Waals surface area contributed by atoms with Crippen LogP contribution < -0.4 is 10.6 Å². The number of benzene rings is 2. The third-order valence-corrected chi connectivity index (χ3v) is 8.41. The minimum atomic E-state index is -4.64. The largest absolute Gasteiger partial charge is 0.506 e. The van der Waals surface area contributed by atoms with Gasteiger partial charge in [0.2, 0.25) is 6.29 Å². The third kappa shape index (κ3) is 5.86. The number of alkyl halides is 3. The summed E-state index contributed by atoms with van der Waals surface area (Å²) in [6.07, 6.45) is 2.84. The molecular formula is C26H31F3N2O4S. The predicted molar refractivity (Wildman–Crippen MR) is 132 cm³/mol. The first-order valence-electron chi connectivity index (χ1n) is 12.1. The zero-order valence-corrected chi connectivity index (χ0v) is 20.9. The molecule has 2 bridgehead atoms. The molecule has 0 spiro atoms. The monoisotopic (exact) mass is 524 g/mol. The standard InChI is InChI=1S/C24H30N2O3S.C2HF3O/c1-30(28,29)15-16-5-7-18(8-6-16)26-22-13-17-12-21-19-4-2-3-9-24(19,10-11-25-21)20(17)14-23(22)27;3-2(4,5)1-6/h5-8,13-14,19,21,25-27H,2-4,9-12,15H2,1H3;1H/t19-,21+,24+;/m1./s1. The topological polar surface area (TPSA) is 95.5 Å². The summed E-state index contributed by atoms with van der Waals surface area (Å²) in [5, 5.41) is 18.0. The first-order valence-corrected chi connectivity index (χ1v) is 14.1. The van der Waals surface area contributed by atoms with E-state index in [1.165, 1.54) is 43.1 Å². The molecule has 1 saturated heterocycles. The van der Waals surface area contributed by atoms with E-state index in [1.54, 1.807) is 0 Å². The molecule has 2 aliphatic carbocycles. The molecule has 5 rings (SSSR count). The van der Waals surface area contributed by atoms with Crippen molar-refractivity contribution in [3.8, 4) is 5.75 Å². The Bertz CT molecular complexity index is 1210. The number of halogens is 3. The average Bonchev–Trinajstić information content (AvgIpc) is 2.80. The maximum Gasteiger partial charge on any atom is 0.446 e. The Hall–Kier alpha value is -2.59. The number of aromatic hydroxyl groups is 1. The van der Waals surface area contributed by atoms with Crippen LogP contribution in [0.5, 0.6) is 5.75 Å². The second-order valence-corrected chi connectivity index (χ2v) is 12.2. The Morgan fingerprint density at radius 1 is 1.17 bits per heavy atom. The highest BCUT2D eigenvalue weighted by molar-refractivity contribution is 7.89. The first kappa shape index (κ1) is 26.5. The van der Waals surface area contributed by atoms with Crippen LogP contribution in [-0.2, 0) is 32.2 Å². The number of phenols is 1. The Morgan fingerprint density at radius 2 is 1.86 bits per heavy atom. The van der Waals surface area contributed by atoms with Crippen LogP contribution in [0, 0.1) is 5.92 Å². The fraction of sp³-hybridized carbons (Fsp3) is 0.500. The van der Waals surface area contributed by atoms with Crippen LogP contribution in [0.15, 0.2) is 36.4 Å². The number of anilines is 2. The third-order valence-electron chi connectivity index (χ3n) is 7.55. The number of carbonyl (C=O) groups is 1. The van der Waals surface area contributed by atoms with Crippen LogP contribution in [-0.4, -0.2) is 44.8 Å². The summed E-state index contributed by atoms with van der Waals surface area (Å²) in [7, 11) is -3.05. The molecule has 3 aliphatic rings. The van der Waals surface area contributed by atoms with Gasteiger partial charge in [-0.15, -0.1) is 0 Å². The maximum absolute atomic E-state index is 11.5. The van der Waals surface area contributed by atoms with E-state index in [2.05, 4.69) is 16.7 Å². The normalized spacial score (nSPS) is 25.0. The van der Waals surface area contributed by atoms with Crippen molar-refractivity contribution < 1.29 is 31.5 Å². The van der Waals surface area contributed by atoms with Crippen LogP contribution in [0.3, 0.4) is 0 Å². The zero-order valence-electron chi connectivity index (χ0n) is 20.1. The molecule has 10 heteroatoms. The van der Waals surface area contributed by atoms with E-state index in [1.807, 2.05) is 30.3 Å². The van der Waals surface area contributed by atoms with Crippen molar-refractivity contribution in [1.29, 1.82) is 0 Å². The van der Waals surface area contributed by atoms with Crippen LogP contribution >= 0.6 is 0 Å². The molecule has 1 aliphatic heterocycles. The second-order valence-electron chi connectivity index (χ2n) is 10.1. The lowest BCUT2D eigenvalue weighted by Gasteiger charge is -2.56. The summed E-state index contributed by atoms with van der Waals surface area (Å²) in [6.45, 7) is 1.07. The summed E-state index contributed by atoms with van der Waals surface area (Å²) in [5.41, 5.74) is 5.26. The minimum Gasteiger partial charge on any atom is -0.506 e. The lowest BCUT2D eigenvalue weighted by atomic mass is 9.53. The van der Waals surface area contributed by atoms with Crippen molar-refractivity contribution in [1.82, 2.24) is 5.32 Å². The van der Waals surface area contributed by atoms with Crippen molar-refractivity contribution in [2.45, 2.75) is 61.9 Å². The van der Waals surface area contributed by atoms with Crippen LogP contribution in [0.25, 0.3) is 0 Å². The van der Waals surface area contributed by atoms with Crippen LogP contribution in [0.2, 0.25) is 0 Å². The Balaban J connectivity index is 0.000000455. The van der Waals surface area contributed by atoms with Crippen molar-refractivity contribution in [2.75, 3.05) is 18.1 Å². The number of phenolic OH excluding ortho intramolecular Hbond substituents is 1. The molecule has 2 fully saturated rings. The van der Waals surface area contributed by atoms with Crippen molar-refractivity contribution in [3.63, 3.8) is 0 Å². The van der Waals surface area contributed by atoms with E-state index >= 15 is 0 Å². The van der Waals surface area contributed by atoms with Gasteiger partial charge >= 0.3 is 6.18 Å². The quantitative estimate of drug-likeness (QED) is 0.394. The van der Waals surface area contributed by atoms with E-state index in [9.17, 15) is 26.7 Å². The number of sulfone groups is 1. The summed E-state index contributed by atoms with van der Waals surface area (Å²) in [5.74, 6) is 1.02. The molecule has 0 radical (unpaired) electrons. The summed E-state index contributed by atoms with van der Waals surface area (Å²) >= 11 is 0. The molecule has 2 aromatic carbocycles. The number of rotatable bonds is 4. The van der Waals surface area contributed by atoms with Gasteiger partial charge in [-0.1, -0.05) is 25.0 Å². The molecule has 36 heavy (non-hydrogen) atoms.